The molecule has 1 fully saturated rings. The van der Waals surface area contributed by atoms with E-state index in [-0.39, 0.29) is 17.7 Å². The lowest BCUT2D eigenvalue weighted by Gasteiger charge is -2.31. The van der Waals surface area contributed by atoms with Gasteiger partial charge < -0.3 is 19.7 Å². The summed E-state index contributed by atoms with van der Waals surface area (Å²) in [5.41, 5.74) is 1.71. The lowest BCUT2D eigenvalue weighted by Crippen LogP contribution is -2.43. The Labute approximate surface area is 171 Å². The van der Waals surface area contributed by atoms with Crippen molar-refractivity contribution in [2.45, 2.75) is 25.8 Å². The molecule has 2 heterocycles. The van der Waals surface area contributed by atoms with Crippen molar-refractivity contribution in [2.75, 3.05) is 27.3 Å². The Kier molecular flexibility index (Phi) is 7.05. The number of hydrogen-bond donors (Lipinski definition) is 1. The third kappa shape index (κ3) is 5.47. The van der Waals surface area contributed by atoms with Gasteiger partial charge in [0.15, 0.2) is 11.5 Å². The number of aromatic nitrogens is 1. The number of benzene rings is 1. The Morgan fingerprint density at radius 3 is 2.52 bits per heavy atom. The average Bonchev–Trinajstić information content (AvgIpc) is 2.78. The van der Waals surface area contributed by atoms with Crippen LogP contribution in [0.15, 0.2) is 42.6 Å². The normalized spacial score (nSPS) is 14.3. The van der Waals surface area contributed by atoms with Gasteiger partial charge in [-0.25, -0.2) is 0 Å². The van der Waals surface area contributed by atoms with Crippen molar-refractivity contribution in [1.29, 1.82) is 0 Å². The van der Waals surface area contributed by atoms with Gasteiger partial charge in [0, 0.05) is 25.2 Å². The van der Waals surface area contributed by atoms with Crippen LogP contribution in [0.3, 0.4) is 0 Å². The number of carbonyl (C=O) groups is 2. The van der Waals surface area contributed by atoms with Crippen LogP contribution in [-0.4, -0.2) is 49.0 Å². The highest BCUT2D eigenvalue weighted by Crippen LogP contribution is 2.28. The third-order valence-corrected chi connectivity index (χ3v) is 5.19. The standard InChI is InChI=1S/C22H27N3O4/c1-28-19-7-6-16(13-20(19)29-2)14-21(26)25-11-8-17(9-12-25)22(27)24-15-18-5-3-4-10-23-18/h3-7,10,13,17H,8-9,11-12,14-15H2,1-2H3,(H,24,27). The highest BCUT2D eigenvalue weighted by molar-refractivity contribution is 5.81. The van der Waals surface area contributed by atoms with Gasteiger partial charge in [-0.05, 0) is 42.7 Å². The van der Waals surface area contributed by atoms with E-state index in [9.17, 15) is 9.59 Å². The minimum absolute atomic E-state index is 0.0302. The molecule has 0 unspecified atom stereocenters. The van der Waals surface area contributed by atoms with E-state index in [4.69, 9.17) is 9.47 Å². The molecule has 0 radical (unpaired) electrons. The van der Waals surface area contributed by atoms with E-state index in [0.29, 0.717) is 50.4 Å². The first-order chi connectivity index (χ1) is 14.1. The number of nitrogens with one attached hydrogen (secondary N) is 1. The van der Waals surface area contributed by atoms with Crippen molar-refractivity contribution in [2.24, 2.45) is 5.92 Å². The van der Waals surface area contributed by atoms with Crippen LogP contribution in [0, 0.1) is 5.92 Å². The number of methoxy groups -OCH3 is 2. The number of hydrogen-bond acceptors (Lipinski definition) is 5. The van der Waals surface area contributed by atoms with Gasteiger partial charge in [-0.2, -0.15) is 0 Å². The number of rotatable bonds is 7. The number of ether oxygens (including phenoxy) is 2. The smallest absolute Gasteiger partial charge is 0.226 e. The molecule has 1 aromatic carbocycles. The van der Waals surface area contributed by atoms with Gasteiger partial charge >= 0.3 is 0 Å². The number of pyridine rings is 1. The lowest BCUT2D eigenvalue weighted by molar-refractivity contribution is -0.135. The van der Waals surface area contributed by atoms with Gasteiger partial charge in [0.05, 0.1) is 32.9 Å². The molecule has 2 aromatic rings. The van der Waals surface area contributed by atoms with E-state index in [1.165, 1.54) is 0 Å². The van der Waals surface area contributed by atoms with Gasteiger partial charge in [-0.3, -0.25) is 14.6 Å². The number of carbonyl (C=O) groups excluding carboxylic acids is 2. The molecule has 7 nitrogen and oxygen atoms in total. The molecule has 1 aliphatic heterocycles. The summed E-state index contributed by atoms with van der Waals surface area (Å²) in [5.74, 6) is 1.28. The quantitative estimate of drug-likeness (QED) is 0.775. The molecular weight excluding hydrogens is 370 g/mol. The van der Waals surface area contributed by atoms with E-state index in [0.717, 1.165) is 11.3 Å². The number of amides is 2. The molecule has 1 saturated heterocycles. The zero-order valence-corrected chi connectivity index (χ0v) is 16.9. The predicted molar refractivity (Wildman–Crippen MR) is 109 cm³/mol. The summed E-state index contributed by atoms with van der Waals surface area (Å²) < 4.78 is 10.5. The second kappa shape index (κ2) is 9.91. The molecule has 29 heavy (non-hydrogen) atoms. The van der Waals surface area contributed by atoms with E-state index in [1.807, 2.05) is 35.2 Å². The van der Waals surface area contributed by atoms with E-state index in [1.54, 1.807) is 26.5 Å². The molecule has 0 bridgehead atoms. The third-order valence-electron chi connectivity index (χ3n) is 5.19. The van der Waals surface area contributed by atoms with Crippen molar-refractivity contribution in [1.82, 2.24) is 15.2 Å². The van der Waals surface area contributed by atoms with Crippen molar-refractivity contribution in [3.63, 3.8) is 0 Å². The molecule has 0 aliphatic carbocycles. The van der Waals surface area contributed by atoms with Gasteiger partial charge in [0.2, 0.25) is 11.8 Å². The second-order valence-electron chi connectivity index (χ2n) is 7.06. The number of piperidine rings is 1. The number of likely N-dealkylation sites (tertiary alicyclic amines) is 1. The first-order valence-electron chi connectivity index (χ1n) is 9.77. The molecule has 0 saturated carbocycles. The summed E-state index contributed by atoms with van der Waals surface area (Å²) in [6.45, 7) is 1.61. The molecule has 1 aromatic heterocycles. The maximum absolute atomic E-state index is 12.7. The molecule has 1 aliphatic rings. The van der Waals surface area contributed by atoms with Crippen LogP contribution >= 0.6 is 0 Å². The fraction of sp³-hybridized carbons (Fsp3) is 0.409. The molecule has 7 heteroatoms. The second-order valence-corrected chi connectivity index (χ2v) is 7.06. The Morgan fingerprint density at radius 1 is 1.10 bits per heavy atom. The van der Waals surface area contributed by atoms with Crippen LogP contribution in [0.1, 0.15) is 24.1 Å². The first-order valence-corrected chi connectivity index (χ1v) is 9.77. The van der Waals surface area contributed by atoms with E-state index < -0.39 is 0 Å². The molecule has 1 N–H and O–H groups in total. The zero-order valence-electron chi connectivity index (χ0n) is 16.9. The fourth-order valence-electron chi connectivity index (χ4n) is 3.49. The van der Waals surface area contributed by atoms with Crippen LogP contribution in [-0.2, 0) is 22.6 Å². The summed E-state index contributed by atoms with van der Waals surface area (Å²) in [7, 11) is 3.16. The molecular formula is C22H27N3O4. The van der Waals surface area contributed by atoms with Gasteiger partial charge in [0.1, 0.15) is 0 Å². The van der Waals surface area contributed by atoms with Crippen LogP contribution in [0.4, 0.5) is 0 Å². The summed E-state index contributed by atoms with van der Waals surface area (Å²) >= 11 is 0. The zero-order chi connectivity index (χ0) is 20.6. The topological polar surface area (TPSA) is 80.8 Å². The van der Waals surface area contributed by atoms with Crippen molar-refractivity contribution >= 4 is 11.8 Å². The van der Waals surface area contributed by atoms with Crippen LogP contribution in [0.5, 0.6) is 11.5 Å². The SMILES string of the molecule is COc1ccc(CC(=O)N2CCC(C(=O)NCc3ccccn3)CC2)cc1OC. The monoisotopic (exact) mass is 397 g/mol. The molecule has 154 valence electrons. The summed E-state index contributed by atoms with van der Waals surface area (Å²) in [4.78, 5) is 31.1. The van der Waals surface area contributed by atoms with Crippen LogP contribution in [0.2, 0.25) is 0 Å². The van der Waals surface area contributed by atoms with Crippen LogP contribution in [0.25, 0.3) is 0 Å². The Morgan fingerprint density at radius 2 is 1.86 bits per heavy atom. The Hall–Kier alpha value is -3.09. The van der Waals surface area contributed by atoms with E-state index in [2.05, 4.69) is 10.3 Å². The highest BCUT2D eigenvalue weighted by Gasteiger charge is 2.27. The van der Waals surface area contributed by atoms with Crippen molar-refractivity contribution < 1.29 is 19.1 Å². The van der Waals surface area contributed by atoms with Gasteiger partial charge in [-0.15, -0.1) is 0 Å². The maximum atomic E-state index is 12.7. The maximum Gasteiger partial charge on any atom is 0.226 e. The molecule has 0 atom stereocenters. The summed E-state index contributed by atoms with van der Waals surface area (Å²) in [6.07, 6.45) is 3.36. The highest BCUT2D eigenvalue weighted by atomic mass is 16.5. The first kappa shape index (κ1) is 20.6. The predicted octanol–water partition coefficient (Wildman–Crippen LogP) is 2.20. The minimum Gasteiger partial charge on any atom is -0.493 e. The van der Waals surface area contributed by atoms with Gasteiger partial charge in [-0.1, -0.05) is 12.1 Å². The average molecular weight is 397 g/mol. The Balaban J connectivity index is 1.47. The summed E-state index contributed by atoms with van der Waals surface area (Å²) in [6, 6.07) is 11.1. The fourth-order valence-corrected chi connectivity index (χ4v) is 3.49. The molecule has 2 amide bonds. The summed E-state index contributed by atoms with van der Waals surface area (Å²) in [5, 5.41) is 2.95. The van der Waals surface area contributed by atoms with E-state index >= 15 is 0 Å². The van der Waals surface area contributed by atoms with Crippen molar-refractivity contribution in [3.05, 3.63) is 53.9 Å². The van der Waals surface area contributed by atoms with Crippen molar-refractivity contribution in [3.8, 4) is 11.5 Å². The molecule has 0 spiro atoms. The number of nitrogens with zero attached hydrogens (tertiary/aromatic N) is 2. The Bertz CT molecular complexity index is 833. The van der Waals surface area contributed by atoms with Gasteiger partial charge in [0.25, 0.3) is 0 Å². The van der Waals surface area contributed by atoms with Crippen LogP contribution < -0.4 is 14.8 Å². The largest absolute Gasteiger partial charge is 0.493 e. The molecule has 3 rings (SSSR count). The minimum atomic E-state index is -0.0659. The lowest BCUT2D eigenvalue weighted by atomic mass is 9.95.